The lowest BCUT2D eigenvalue weighted by molar-refractivity contribution is -0.123. The van der Waals surface area contributed by atoms with Gasteiger partial charge >= 0.3 is 0 Å². The molecule has 0 saturated carbocycles. The van der Waals surface area contributed by atoms with E-state index < -0.39 is 0 Å². The van der Waals surface area contributed by atoms with Crippen LogP contribution in [0, 0.1) is 0 Å². The van der Waals surface area contributed by atoms with Gasteiger partial charge in [-0.3, -0.25) is 9.69 Å². The fourth-order valence-corrected chi connectivity index (χ4v) is 1.39. The molecule has 0 radical (unpaired) electrons. The third-order valence-corrected chi connectivity index (χ3v) is 2.50. The van der Waals surface area contributed by atoms with E-state index in [4.69, 9.17) is 5.73 Å². The highest BCUT2D eigenvalue weighted by molar-refractivity contribution is 5.79. The van der Waals surface area contributed by atoms with E-state index in [2.05, 4.69) is 16.8 Å². The van der Waals surface area contributed by atoms with Gasteiger partial charge in [-0.15, -0.1) is 0 Å². The zero-order chi connectivity index (χ0) is 9.14. The third kappa shape index (κ3) is 2.19. The molecule has 0 spiro atoms. The maximum atomic E-state index is 10.8. The van der Waals surface area contributed by atoms with Gasteiger partial charge in [-0.1, -0.05) is 0 Å². The number of likely N-dealkylation sites (N-methyl/N-ethyl adjacent to an activating group) is 1. The largest absolute Gasteiger partial charge is 0.368 e. The minimum atomic E-state index is -0.223. The maximum absolute atomic E-state index is 10.8. The van der Waals surface area contributed by atoms with E-state index in [9.17, 15) is 4.79 Å². The van der Waals surface area contributed by atoms with Crippen LogP contribution in [0.4, 0.5) is 0 Å². The van der Waals surface area contributed by atoms with E-state index in [1.807, 2.05) is 6.92 Å². The Hall–Kier alpha value is -0.610. The predicted octanol–water partition coefficient (Wildman–Crippen LogP) is -0.892. The second-order valence-electron chi connectivity index (χ2n) is 3.42. The third-order valence-electron chi connectivity index (χ3n) is 2.50. The normalized spacial score (nSPS) is 23.8. The molecule has 1 aliphatic heterocycles. The van der Waals surface area contributed by atoms with Gasteiger partial charge < -0.3 is 10.6 Å². The van der Waals surface area contributed by atoms with Gasteiger partial charge in [-0.05, 0) is 14.0 Å². The Morgan fingerprint density at radius 1 is 1.33 bits per heavy atom. The average Bonchev–Trinajstić information content (AvgIpc) is 2.04. The first-order valence-corrected chi connectivity index (χ1v) is 4.33. The summed E-state index contributed by atoms with van der Waals surface area (Å²) >= 11 is 0. The molecule has 0 aromatic rings. The van der Waals surface area contributed by atoms with Crippen LogP contribution in [0.5, 0.6) is 0 Å². The number of hydrogen-bond donors (Lipinski definition) is 1. The summed E-state index contributed by atoms with van der Waals surface area (Å²) in [5.74, 6) is -0.223. The molecule has 70 valence electrons. The molecule has 1 saturated heterocycles. The number of primary amides is 1. The van der Waals surface area contributed by atoms with Crippen LogP contribution in [-0.2, 0) is 4.79 Å². The van der Waals surface area contributed by atoms with Gasteiger partial charge in [0, 0.05) is 26.2 Å². The minimum absolute atomic E-state index is 0.112. The number of carbonyl (C=O) groups is 1. The number of nitrogens with zero attached hydrogens (tertiary/aromatic N) is 2. The van der Waals surface area contributed by atoms with Gasteiger partial charge in [0.05, 0.1) is 6.04 Å². The van der Waals surface area contributed by atoms with Gasteiger partial charge in [-0.25, -0.2) is 0 Å². The number of hydrogen-bond acceptors (Lipinski definition) is 3. The molecule has 4 heteroatoms. The van der Waals surface area contributed by atoms with Crippen LogP contribution in [0.2, 0.25) is 0 Å². The number of nitrogens with two attached hydrogens (primary N) is 1. The van der Waals surface area contributed by atoms with Crippen molar-refractivity contribution in [2.24, 2.45) is 5.73 Å². The first-order valence-electron chi connectivity index (χ1n) is 4.33. The molecule has 0 unspecified atom stereocenters. The predicted molar refractivity (Wildman–Crippen MR) is 47.7 cm³/mol. The zero-order valence-corrected chi connectivity index (χ0v) is 7.79. The second kappa shape index (κ2) is 3.87. The molecule has 4 nitrogen and oxygen atoms in total. The highest BCUT2D eigenvalue weighted by atomic mass is 16.1. The van der Waals surface area contributed by atoms with Crippen LogP contribution in [0.25, 0.3) is 0 Å². The molecule has 1 atom stereocenters. The molecule has 1 aliphatic rings. The molecule has 0 aromatic carbocycles. The maximum Gasteiger partial charge on any atom is 0.234 e. The number of carbonyl (C=O) groups excluding carboxylic acids is 1. The Morgan fingerprint density at radius 2 is 1.83 bits per heavy atom. The van der Waals surface area contributed by atoms with E-state index in [-0.39, 0.29) is 11.9 Å². The summed E-state index contributed by atoms with van der Waals surface area (Å²) in [6.45, 7) is 5.81. The highest BCUT2D eigenvalue weighted by Gasteiger charge is 2.21. The van der Waals surface area contributed by atoms with Gasteiger partial charge in [0.15, 0.2) is 0 Å². The topological polar surface area (TPSA) is 49.6 Å². The van der Waals surface area contributed by atoms with Crippen molar-refractivity contribution in [3.8, 4) is 0 Å². The average molecular weight is 171 g/mol. The van der Waals surface area contributed by atoms with Crippen molar-refractivity contribution in [2.75, 3.05) is 33.2 Å². The molecular formula is C8H17N3O. The van der Waals surface area contributed by atoms with Crippen LogP contribution in [0.1, 0.15) is 6.92 Å². The fraction of sp³-hybridized carbons (Fsp3) is 0.875. The van der Waals surface area contributed by atoms with Crippen molar-refractivity contribution in [3.05, 3.63) is 0 Å². The van der Waals surface area contributed by atoms with E-state index >= 15 is 0 Å². The first-order chi connectivity index (χ1) is 5.61. The van der Waals surface area contributed by atoms with E-state index in [1.165, 1.54) is 0 Å². The quantitative estimate of drug-likeness (QED) is 0.586. The van der Waals surface area contributed by atoms with Gasteiger partial charge in [0.1, 0.15) is 0 Å². The summed E-state index contributed by atoms with van der Waals surface area (Å²) < 4.78 is 0. The summed E-state index contributed by atoms with van der Waals surface area (Å²) in [5, 5.41) is 0. The molecule has 0 aromatic heterocycles. The van der Waals surface area contributed by atoms with Crippen LogP contribution >= 0.6 is 0 Å². The fourth-order valence-electron chi connectivity index (χ4n) is 1.39. The molecule has 1 heterocycles. The first kappa shape index (κ1) is 9.48. The summed E-state index contributed by atoms with van der Waals surface area (Å²) in [4.78, 5) is 15.2. The lowest BCUT2D eigenvalue weighted by Gasteiger charge is -2.34. The Balaban J connectivity index is 2.39. The van der Waals surface area contributed by atoms with E-state index in [0.717, 1.165) is 26.2 Å². The Bertz CT molecular complexity index is 164. The molecule has 0 aliphatic carbocycles. The van der Waals surface area contributed by atoms with Crippen molar-refractivity contribution < 1.29 is 4.79 Å². The SMILES string of the molecule is C[C@@H](C(N)=O)N1CCN(C)CC1. The molecular weight excluding hydrogens is 154 g/mol. The number of amides is 1. The smallest absolute Gasteiger partial charge is 0.234 e. The minimum Gasteiger partial charge on any atom is -0.368 e. The lowest BCUT2D eigenvalue weighted by Crippen LogP contribution is -2.52. The highest BCUT2D eigenvalue weighted by Crippen LogP contribution is 2.03. The Kier molecular flexibility index (Phi) is 3.05. The number of piperazine rings is 1. The zero-order valence-electron chi connectivity index (χ0n) is 7.79. The second-order valence-corrected chi connectivity index (χ2v) is 3.42. The summed E-state index contributed by atoms with van der Waals surface area (Å²) in [6.07, 6.45) is 0. The molecule has 0 bridgehead atoms. The molecule has 12 heavy (non-hydrogen) atoms. The summed E-state index contributed by atoms with van der Waals surface area (Å²) in [5.41, 5.74) is 5.21. The number of rotatable bonds is 2. The lowest BCUT2D eigenvalue weighted by atomic mass is 10.2. The monoisotopic (exact) mass is 171 g/mol. The standard InChI is InChI=1S/C8H17N3O/c1-7(8(9)12)11-5-3-10(2)4-6-11/h7H,3-6H2,1-2H3,(H2,9,12)/t7-/m0/s1. The van der Waals surface area contributed by atoms with Crippen molar-refractivity contribution in [2.45, 2.75) is 13.0 Å². The van der Waals surface area contributed by atoms with Gasteiger partial charge in [0.25, 0.3) is 0 Å². The Labute approximate surface area is 73.3 Å². The van der Waals surface area contributed by atoms with Crippen LogP contribution in [0.3, 0.4) is 0 Å². The van der Waals surface area contributed by atoms with Crippen molar-refractivity contribution in [1.29, 1.82) is 0 Å². The molecule has 1 amide bonds. The van der Waals surface area contributed by atoms with Crippen molar-refractivity contribution in [3.63, 3.8) is 0 Å². The molecule has 2 N–H and O–H groups in total. The van der Waals surface area contributed by atoms with Crippen LogP contribution < -0.4 is 5.73 Å². The van der Waals surface area contributed by atoms with Crippen LogP contribution in [0.15, 0.2) is 0 Å². The van der Waals surface area contributed by atoms with E-state index in [1.54, 1.807) is 0 Å². The van der Waals surface area contributed by atoms with Gasteiger partial charge in [-0.2, -0.15) is 0 Å². The summed E-state index contributed by atoms with van der Waals surface area (Å²) in [6, 6.07) is -0.112. The van der Waals surface area contributed by atoms with E-state index in [0.29, 0.717) is 0 Å². The molecule has 1 rings (SSSR count). The molecule has 1 fully saturated rings. The van der Waals surface area contributed by atoms with Crippen LogP contribution in [-0.4, -0.2) is 55.0 Å². The van der Waals surface area contributed by atoms with Gasteiger partial charge in [0.2, 0.25) is 5.91 Å². The van der Waals surface area contributed by atoms with Crippen molar-refractivity contribution in [1.82, 2.24) is 9.80 Å². The van der Waals surface area contributed by atoms with Crippen molar-refractivity contribution >= 4 is 5.91 Å². The Morgan fingerprint density at radius 3 is 2.25 bits per heavy atom. The summed E-state index contributed by atoms with van der Waals surface area (Å²) in [7, 11) is 2.09.